The Kier molecular flexibility index (Phi) is 6.47. The second-order valence-corrected chi connectivity index (χ2v) is 8.36. The number of carbonyl (C=O) groups is 3. The highest BCUT2D eigenvalue weighted by molar-refractivity contribution is 7.12. The Morgan fingerprint density at radius 1 is 1.10 bits per heavy atom. The summed E-state index contributed by atoms with van der Waals surface area (Å²) in [4.78, 5) is 39.7. The third-order valence-electron chi connectivity index (χ3n) is 5.23. The van der Waals surface area contributed by atoms with Gasteiger partial charge in [0, 0.05) is 25.3 Å². The molecule has 2 N–H and O–H groups in total. The number of hydrogen-bond donors (Lipinski definition) is 2. The molecular weight excluding hydrogens is 414 g/mol. The van der Waals surface area contributed by atoms with Crippen LogP contribution in [0.3, 0.4) is 0 Å². The molecule has 1 aliphatic heterocycles. The minimum Gasteiger partial charge on any atom is -0.459 e. The molecule has 0 saturated carbocycles. The van der Waals surface area contributed by atoms with Crippen molar-refractivity contribution in [1.29, 1.82) is 0 Å². The summed E-state index contributed by atoms with van der Waals surface area (Å²) in [5.41, 5.74) is 1.57. The molecule has 1 aromatic carbocycles. The van der Waals surface area contributed by atoms with Crippen molar-refractivity contribution in [2.45, 2.75) is 19.4 Å². The normalized spacial score (nSPS) is 16.0. The van der Waals surface area contributed by atoms with Crippen LogP contribution in [-0.4, -0.2) is 35.7 Å². The molecule has 160 valence electrons. The van der Waals surface area contributed by atoms with Crippen LogP contribution in [0.2, 0.25) is 0 Å². The molecule has 0 radical (unpaired) electrons. The molecule has 4 rings (SSSR count). The van der Waals surface area contributed by atoms with Crippen molar-refractivity contribution >= 4 is 34.7 Å². The van der Waals surface area contributed by atoms with Gasteiger partial charge in [-0.1, -0.05) is 18.2 Å². The highest BCUT2D eigenvalue weighted by atomic mass is 32.1. The predicted octanol–water partition coefficient (Wildman–Crippen LogP) is 3.76. The number of piperidine rings is 1. The first-order chi connectivity index (χ1) is 15.1. The molecular formula is C23H23N3O4S. The fourth-order valence-corrected chi connectivity index (χ4v) is 4.26. The van der Waals surface area contributed by atoms with Gasteiger partial charge in [0.05, 0.1) is 17.1 Å². The maximum atomic E-state index is 12.7. The molecule has 3 aromatic rings. The van der Waals surface area contributed by atoms with Gasteiger partial charge >= 0.3 is 0 Å². The van der Waals surface area contributed by atoms with Gasteiger partial charge in [-0.2, -0.15) is 0 Å². The highest BCUT2D eigenvalue weighted by Gasteiger charge is 2.29. The molecule has 1 saturated heterocycles. The second-order valence-electron chi connectivity index (χ2n) is 7.41. The van der Waals surface area contributed by atoms with E-state index in [0.717, 1.165) is 18.4 Å². The average molecular weight is 438 g/mol. The Labute approximate surface area is 184 Å². The molecule has 1 aliphatic rings. The highest BCUT2D eigenvalue weighted by Crippen LogP contribution is 2.21. The topological polar surface area (TPSA) is 91.7 Å². The summed E-state index contributed by atoms with van der Waals surface area (Å²) < 4.78 is 5.07. The molecule has 3 heterocycles. The van der Waals surface area contributed by atoms with Crippen LogP contribution in [0.25, 0.3) is 0 Å². The monoisotopic (exact) mass is 437 g/mol. The van der Waals surface area contributed by atoms with Gasteiger partial charge in [-0.05, 0) is 54.1 Å². The van der Waals surface area contributed by atoms with Crippen LogP contribution >= 0.6 is 11.3 Å². The van der Waals surface area contributed by atoms with Crippen LogP contribution < -0.4 is 10.6 Å². The number of anilines is 1. The zero-order valence-corrected chi connectivity index (χ0v) is 17.7. The zero-order valence-electron chi connectivity index (χ0n) is 16.9. The number of likely N-dealkylation sites (tertiary alicyclic amines) is 1. The van der Waals surface area contributed by atoms with Crippen LogP contribution in [0.5, 0.6) is 0 Å². The lowest BCUT2D eigenvalue weighted by Gasteiger charge is -2.31. The first kappa shape index (κ1) is 20.9. The number of carbonyl (C=O) groups excluding carboxylic acids is 3. The van der Waals surface area contributed by atoms with E-state index in [4.69, 9.17) is 4.42 Å². The standard InChI is InChI=1S/C23H23N3O4S/c27-21(17-4-1-11-26(15-17)23(29)20-6-3-13-31-20)24-14-16-7-9-18(10-8-16)25-22(28)19-5-2-12-30-19/h2-3,5-10,12-13,17H,1,4,11,14-15H2,(H,24,27)(H,25,28)/t17-/m0/s1. The molecule has 1 atom stereocenters. The smallest absolute Gasteiger partial charge is 0.291 e. The number of amides is 3. The molecule has 0 bridgehead atoms. The van der Waals surface area contributed by atoms with Crippen LogP contribution in [0.1, 0.15) is 38.6 Å². The van der Waals surface area contributed by atoms with E-state index in [1.807, 2.05) is 29.6 Å². The summed E-state index contributed by atoms with van der Waals surface area (Å²) in [7, 11) is 0. The number of benzene rings is 1. The lowest BCUT2D eigenvalue weighted by atomic mass is 9.97. The van der Waals surface area contributed by atoms with E-state index in [2.05, 4.69) is 10.6 Å². The van der Waals surface area contributed by atoms with Gasteiger partial charge in [-0.3, -0.25) is 14.4 Å². The summed E-state index contributed by atoms with van der Waals surface area (Å²) in [6.45, 7) is 1.52. The van der Waals surface area contributed by atoms with Crippen molar-refractivity contribution in [3.63, 3.8) is 0 Å². The molecule has 3 amide bonds. The Morgan fingerprint density at radius 2 is 1.94 bits per heavy atom. The fraction of sp³-hybridized carbons (Fsp3) is 0.261. The maximum absolute atomic E-state index is 12.7. The number of nitrogens with zero attached hydrogens (tertiary/aromatic N) is 1. The summed E-state index contributed by atoms with van der Waals surface area (Å²) in [5.74, 6) is -0.316. The minimum absolute atomic E-state index is 0.000292. The van der Waals surface area contributed by atoms with Crippen molar-refractivity contribution in [2.24, 2.45) is 5.92 Å². The second kappa shape index (κ2) is 9.61. The van der Waals surface area contributed by atoms with Crippen molar-refractivity contribution in [1.82, 2.24) is 10.2 Å². The first-order valence-corrected chi connectivity index (χ1v) is 11.0. The van der Waals surface area contributed by atoms with Crippen LogP contribution in [-0.2, 0) is 11.3 Å². The van der Waals surface area contributed by atoms with E-state index < -0.39 is 0 Å². The number of thiophene rings is 1. The van der Waals surface area contributed by atoms with Gasteiger partial charge in [-0.25, -0.2) is 0 Å². The predicted molar refractivity (Wildman–Crippen MR) is 118 cm³/mol. The van der Waals surface area contributed by atoms with E-state index in [1.54, 1.807) is 29.2 Å². The maximum Gasteiger partial charge on any atom is 0.291 e. The van der Waals surface area contributed by atoms with E-state index in [-0.39, 0.29) is 29.4 Å². The van der Waals surface area contributed by atoms with Crippen molar-refractivity contribution in [2.75, 3.05) is 18.4 Å². The minimum atomic E-state index is -0.315. The SMILES string of the molecule is O=C(Nc1ccc(CNC(=O)[C@H]2CCCN(C(=O)c3cccs3)C2)cc1)c1ccco1. The van der Waals surface area contributed by atoms with E-state index >= 15 is 0 Å². The van der Waals surface area contributed by atoms with Gasteiger partial charge in [0.1, 0.15) is 0 Å². The van der Waals surface area contributed by atoms with Gasteiger partial charge in [0.25, 0.3) is 11.8 Å². The fourth-order valence-electron chi connectivity index (χ4n) is 3.57. The quantitative estimate of drug-likeness (QED) is 0.614. The van der Waals surface area contributed by atoms with Gasteiger partial charge in [0.2, 0.25) is 5.91 Å². The zero-order chi connectivity index (χ0) is 21.6. The average Bonchev–Trinajstić information content (AvgIpc) is 3.52. The Morgan fingerprint density at radius 3 is 2.65 bits per heavy atom. The third kappa shape index (κ3) is 5.21. The lowest BCUT2D eigenvalue weighted by Crippen LogP contribution is -2.45. The molecule has 31 heavy (non-hydrogen) atoms. The number of rotatable bonds is 6. The van der Waals surface area contributed by atoms with Crippen LogP contribution in [0, 0.1) is 5.92 Å². The number of hydrogen-bond acceptors (Lipinski definition) is 5. The molecule has 0 spiro atoms. The molecule has 0 aliphatic carbocycles. The Balaban J connectivity index is 1.27. The van der Waals surface area contributed by atoms with Gasteiger partial charge < -0.3 is 20.0 Å². The molecule has 2 aromatic heterocycles. The largest absolute Gasteiger partial charge is 0.459 e. The van der Waals surface area contributed by atoms with Crippen molar-refractivity contribution in [3.05, 3.63) is 76.4 Å². The molecule has 0 unspecified atom stereocenters. The third-order valence-corrected chi connectivity index (χ3v) is 6.09. The van der Waals surface area contributed by atoms with Gasteiger partial charge in [-0.15, -0.1) is 11.3 Å². The molecule has 1 fully saturated rings. The van der Waals surface area contributed by atoms with Gasteiger partial charge in [0.15, 0.2) is 5.76 Å². The first-order valence-electron chi connectivity index (χ1n) is 10.1. The number of furan rings is 1. The summed E-state index contributed by atoms with van der Waals surface area (Å²) in [6, 6.07) is 14.2. The van der Waals surface area contributed by atoms with Crippen LogP contribution in [0.4, 0.5) is 5.69 Å². The molecule has 8 heteroatoms. The number of nitrogens with one attached hydrogen (secondary N) is 2. The van der Waals surface area contributed by atoms with Crippen molar-refractivity contribution < 1.29 is 18.8 Å². The van der Waals surface area contributed by atoms with E-state index in [1.165, 1.54) is 17.6 Å². The molecule has 7 nitrogen and oxygen atoms in total. The summed E-state index contributed by atoms with van der Waals surface area (Å²) >= 11 is 1.42. The van der Waals surface area contributed by atoms with Crippen LogP contribution in [0.15, 0.2) is 64.6 Å². The van der Waals surface area contributed by atoms with Crippen molar-refractivity contribution in [3.8, 4) is 0 Å². The summed E-state index contributed by atoms with van der Waals surface area (Å²) in [6.07, 6.45) is 3.04. The van der Waals surface area contributed by atoms with E-state index in [9.17, 15) is 14.4 Å². The van der Waals surface area contributed by atoms with E-state index in [0.29, 0.717) is 30.2 Å². The lowest BCUT2D eigenvalue weighted by molar-refractivity contribution is -0.126. The Hall–Kier alpha value is -3.39. The summed E-state index contributed by atoms with van der Waals surface area (Å²) in [5, 5.41) is 7.61. The Bertz CT molecular complexity index is 1030.